The molecule has 126 valence electrons. The number of nitrogens with one attached hydrogen (secondary N) is 3. The molecule has 2 aromatic carbocycles. The standard InChI is InChI=1S/C16H14Cl2FN3OS/c17-13(18)14(21-15(23)10-4-2-1-3-5-10)22-16(24)20-12-8-6-11(19)7-9-12/h1-9,13-14H,(H,21,23)(H2,20,22,24)/t14-/m0/s1. The smallest absolute Gasteiger partial charge is 0.252 e. The van der Waals surface area contributed by atoms with Crippen molar-refractivity contribution in [2.24, 2.45) is 0 Å². The lowest BCUT2D eigenvalue weighted by Gasteiger charge is -2.23. The minimum Gasteiger partial charge on any atom is -0.340 e. The van der Waals surface area contributed by atoms with Crippen LogP contribution in [-0.2, 0) is 0 Å². The Bertz CT molecular complexity index is 698. The first-order chi connectivity index (χ1) is 11.5. The molecule has 0 fully saturated rings. The minimum absolute atomic E-state index is 0.186. The predicted molar refractivity (Wildman–Crippen MR) is 98.9 cm³/mol. The second kappa shape index (κ2) is 8.82. The molecule has 0 saturated carbocycles. The summed E-state index contributed by atoms with van der Waals surface area (Å²) in [7, 11) is 0. The Balaban J connectivity index is 1.96. The van der Waals surface area contributed by atoms with E-state index in [1.54, 1.807) is 30.3 Å². The van der Waals surface area contributed by atoms with Gasteiger partial charge in [-0.3, -0.25) is 4.79 Å². The lowest BCUT2D eigenvalue weighted by Crippen LogP contribution is -2.52. The van der Waals surface area contributed by atoms with Crippen molar-refractivity contribution in [2.45, 2.75) is 11.0 Å². The Morgan fingerprint density at radius 2 is 1.62 bits per heavy atom. The van der Waals surface area contributed by atoms with Gasteiger partial charge >= 0.3 is 0 Å². The van der Waals surface area contributed by atoms with E-state index in [9.17, 15) is 9.18 Å². The van der Waals surface area contributed by atoms with Gasteiger partial charge in [0.05, 0.1) is 0 Å². The predicted octanol–water partition coefficient (Wildman–Crippen LogP) is 3.67. The van der Waals surface area contributed by atoms with E-state index in [0.29, 0.717) is 11.3 Å². The van der Waals surface area contributed by atoms with Crippen LogP contribution in [0.2, 0.25) is 0 Å². The molecule has 0 heterocycles. The summed E-state index contributed by atoms with van der Waals surface area (Å²) in [6, 6.07) is 14.3. The highest BCUT2D eigenvalue weighted by Crippen LogP contribution is 2.10. The van der Waals surface area contributed by atoms with Crippen molar-refractivity contribution in [3.05, 3.63) is 66.0 Å². The van der Waals surface area contributed by atoms with Gasteiger partial charge in [0.25, 0.3) is 5.91 Å². The highest BCUT2D eigenvalue weighted by Gasteiger charge is 2.21. The van der Waals surface area contributed by atoms with Crippen LogP contribution in [0.15, 0.2) is 54.6 Å². The van der Waals surface area contributed by atoms with Gasteiger partial charge in [-0.05, 0) is 48.6 Å². The molecule has 24 heavy (non-hydrogen) atoms. The molecule has 0 aliphatic heterocycles. The number of halogens is 3. The number of anilines is 1. The molecule has 0 aliphatic rings. The average molecular weight is 386 g/mol. The van der Waals surface area contributed by atoms with Crippen molar-refractivity contribution in [2.75, 3.05) is 5.32 Å². The summed E-state index contributed by atoms with van der Waals surface area (Å²) in [6.45, 7) is 0. The number of alkyl halides is 2. The van der Waals surface area contributed by atoms with Gasteiger partial charge in [-0.1, -0.05) is 18.2 Å². The summed E-state index contributed by atoms with van der Waals surface area (Å²) in [5.41, 5.74) is 1.05. The fourth-order valence-corrected chi connectivity index (χ4v) is 2.31. The summed E-state index contributed by atoms with van der Waals surface area (Å²) in [5.74, 6) is -0.696. The zero-order valence-corrected chi connectivity index (χ0v) is 14.6. The Kier molecular flexibility index (Phi) is 6.78. The van der Waals surface area contributed by atoms with Crippen LogP contribution in [-0.4, -0.2) is 22.0 Å². The first kappa shape index (κ1) is 18.4. The zero-order valence-electron chi connectivity index (χ0n) is 12.3. The maximum absolute atomic E-state index is 12.9. The largest absolute Gasteiger partial charge is 0.340 e. The molecular formula is C16H14Cl2FN3OS. The molecule has 0 aliphatic carbocycles. The van der Waals surface area contributed by atoms with Crippen LogP contribution in [0.25, 0.3) is 0 Å². The monoisotopic (exact) mass is 385 g/mol. The molecule has 4 nitrogen and oxygen atoms in total. The SMILES string of the molecule is O=C(N[C@@H](NC(=S)Nc1ccc(F)cc1)C(Cl)Cl)c1ccccc1. The number of carbonyl (C=O) groups excluding carboxylic acids is 1. The number of hydrogen-bond acceptors (Lipinski definition) is 2. The van der Waals surface area contributed by atoms with Crippen LogP contribution in [0.4, 0.5) is 10.1 Å². The number of rotatable bonds is 5. The molecule has 1 amide bonds. The van der Waals surface area contributed by atoms with E-state index in [0.717, 1.165) is 0 Å². The molecule has 0 saturated heterocycles. The van der Waals surface area contributed by atoms with E-state index < -0.39 is 11.0 Å². The molecule has 8 heteroatoms. The molecule has 3 N–H and O–H groups in total. The zero-order chi connectivity index (χ0) is 17.5. The molecule has 0 unspecified atom stereocenters. The van der Waals surface area contributed by atoms with E-state index in [1.165, 1.54) is 24.3 Å². The fraction of sp³-hybridized carbons (Fsp3) is 0.125. The fourth-order valence-electron chi connectivity index (χ4n) is 1.82. The van der Waals surface area contributed by atoms with Gasteiger partial charge in [0, 0.05) is 11.3 Å². The summed E-state index contributed by atoms with van der Waals surface area (Å²) >= 11 is 16.9. The van der Waals surface area contributed by atoms with E-state index >= 15 is 0 Å². The second-order valence-electron chi connectivity index (χ2n) is 4.76. The van der Waals surface area contributed by atoms with E-state index in [4.69, 9.17) is 35.4 Å². The van der Waals surface area contributed by atoms with Crippen LogP contribution in [0.1, 0.15) is 10.4 Å². The Morgan fingerprint density at radius 3 is 2.21 bits per heavy atom. The molecule has 2 rings (SSSR count). The first-order valence-electron chi connectivity index (χ1n) is 6.93. The third kappa shape index (κ3) is 5.63. The summed E-state index contributed by atoms with van der Waals surface area (Å²) < 4.78 is 12.9. The molecule has 0 aromatic heterocycles. The summed E-state index contributed by atoms with van der Waals surface area (Å²) in [6.07, 6.45) is -0.804. The van der Waals surface area contributed by atoms with Gasteiger partial charge in [-0.15, -0.1) is 23.2 Å². The third-order valence-corrected chi connectivity index (χ3v) is 3.69. The minimum atomic E-state index is -0.939. The number of thiocarbonyl (C=S) groups is 1. The van der Waals surface area contributed by atoms with E-state index in [2.05, 4.69) is 16.0 Å². The first-order valence-corrected chi connectivity index (χ1v) is 8.21. The van der Waals surface area contributed by atoms with Crippen molar-refractivity contribution >= 4 is 52.1 Å². The van der Waals surface area contributed by atoms with Gasteiger partial charge in [0.2, 0.25) is 0 Å². The number of carbonyl (C=O) groups is 1. The molecule has 0 radical (unpaired) electrons. The molecule has 1 atom stereocenters. The number of hydrogen-bond donors (Lipinski definition) is 3. The average Bonchev–Trinajstić information content (AvgIpc) is 2.57. The summed E-state index contributed by atoms with van der Waals surface area (Å²) in [5, 5.41) is 8.51. The second-order valence-corrected chi connectivity index (χ2v) is 6.33. The van der Waals surface area contributed by atoms with Crippen LogP contribution in [0.3, 0.4) is 0 Å². The van der Waals surface area contributed by atoms with Gasteiger partial charge in [-0.25, -0.2) is 4.39 Å². The topological polar surface area (TPSA) is 53.2 Å². The van der Waals surface area contributed by atoms with Gasteiger partial charge in [0.15, 0.2) is 5.11 Å². The molecule has 0 bridgehead atoms. The number of amides is 1. The Hall–Kier alpha value is -1.89. The summed E-state index contributed by atoms with van der Waals surface area (Å²) in [4.78, 5) is 11.2. The van der Waals surface area contributed by atoms with Gasteiger partial charge in [-0.2, -0.15) is 0 Å². The van der Waals surface area contributed by atoms with Crippen molar-refractivity contribution in [1.29, 1.82) is 0 Å². The van der Waals surface area contributed by atoms with Crippen LogP contribution in [0.5, 0.6) is 0 Å². The van der Waals surface area contributed by atoms with Crippen molar-refractivity contribution < 1.29 is 9.18 Å². The van der Waals surface area contributed by atoms with Crippen molar-refractivity contribution in [1.82, 2.24) is 10.6 Å². The molecule has 2 aromatic rings. The highest BCUT2D eigenvalue weighted by molar-refractivity contribution is 7.80. The maximum Gasteiger partial charge on any atom is 0.252 e. The Morgan fingerprint density at radius 1 is 1.00 bits per heavy atom. The third-order valence-electron chi connectivity index (χ3n) is 2.96. The lowest BCUT2D eigenvalue weighted by atomic mass is 10.2. The molecule has 0 spiro atoms. The normalized spacial score (nSPS) is 11.7. The quantitative estimate of drug-likeness (QED) is 0.417. The van der Waals surface area contributed by atoms with Crippen molar-refractivity contribution in [3.8, 4) is 0 Å². The van der Waals surface area contributed by atoms with E-state index in [1.807, 2.05) is 0 Å². The highest BCUT2D eigenvalue weighted by atomic mass is 35.5. The van der Waals surface area contributed by atoms with Gasteiger partial charge in [0.1, 0.15) is 16.8 Å². The molecular weight excluding hydrogens is 372 g/mol. The lowest BCUT2D eigenvalue weighted by molar-refractivity contribution is 0.0936. The maximum atomic E-state index is 12.9. The van der Waals surface area contributed by atoms with Crippen molar-refractivity contribution in [3.63, 3.8) is 0 Å². The van der Waals surface area contributed by atoms with Crippen LogP contribution >= 0.6 is 35.4 Å². The number of benzene rings is 2. The van der Waals surface area contributed by atoms with Crippen LogP contribution < -0.4 is 16.0 Å². The van der Waals surface area contributed by atoms with E-state index in [-0.39, 0.29) is 16.8 Å². The Labute approximate surface area is 154 Å². The van der Waals surface area contributed by atoms with Gasteiger partial charge < -0.3 is 16.0 Å². The van der Waals surface area contributed by atoms with Crippen LogP contribution in [0, 0.1) is 5.82 Å².